The molecule has 1 unspecified atom stereocenters. The minimum absolute atomic E-state index is 0.0172. The van der Waals surface area contributed by atoms with Crippen LogP contribution in [0.3, 0.4) is 0 Å². The number of hydrogen-bond donors (Lipinski definition) is 0. The van der Waals surface area contributed by atoms with Crippen molar-refractivity contribution in [3.8, 4) is 0 Å². The van der Waals surface area contributed by atoms with Gasteiger partial charge in [-0.3, -0.25) is 0 Å². The molecule has 0 aliphatic heterocycles. The van der Waals surface area contributed by atoms with Gasteiger partial charge in [-0.15, -0.1) is 0 Å². The molecule has 0 bridgehead atoms. The molecule has 0 radical (unpaired) electrons. The SMILES string of the molecule is CCCC[SiH2]OC(C)OC. The predicted molar refractivity (Wildman–Crippen MR) is 45.8 cm³/mol. The summed E-state index contributed by atoms with van der Waals surface area (Å²) in [7, 11) is 1.40. The average molecular weight is 162 g/mol. The number of hydrogen-bond acceptors (Lipinski definition) is 2. The number of rotatable bonds is 6. The van der Waals surface area contributed by atoms with E-state index in [0.717, 1.165) is 0 Å². The van der Waals surface area contributed by atoms with E-state index in [9.17, 15) is 0 Å². The maximum absolute atomic E-state index is 5.41. The highest BCUT2D eigenvalue weighted by Crippen LogP contribution is 1.96. The highest BCUT2D eigenvalue weighted by molar-refractivity contribution is 6.27. The first-order valence-electron chi connectivity index (χ1n) is 3.95. The van der Waals surface area contributed by atoms with Crippen molar-refractivity contribution < 1.29 is 9.16 Å². The fourth-order valence-corrected chi connectivity index (χ4v) is 2.01. The van der Waals surface area contributed by atoms with Crippen molar-refractivity contribution in [3.63, 3.8) is 0 Å². The molecule has 0 aromatic rings. The Labute approximate surface area is 65.9 Å². The molecular weight excluding hydrogens is 144 g/mol. The van der Waals surface area contributed by atoms with E-state index < -0.39 is 0 Å². The van der Waals surface area contributed by atoms with E-state index in [1.807, 2.05) is 6.92 Å². The first-order chi connectivity index (χ1) is 4.81. The van der Waals surface area contributed by atoms with Gasteiger partial charge in [0, 0.05) is 7.11 Å². The van der Waals surface area contributed by atoms with Crippen LogP contribution in [0, 0.1) is 0 Å². The smallest absolute Gasteiger partial charge is 0.165 e. The maximum atomic E-state index is 5.41. The van der Waals surface area contributed by atoms with Crippen LogP contribution in [0.4, 0.5) is 0 Å². The lowest BCUT2D eigenvalue weighted by Gasteiger charge is -2.09. The van der Waals surface area contributed by atoms with Crippen LogP contribution in [-0.4, -0.2) is 23.2 Å². The third-order valence-corrected chi connectivity index (χ3v) is 2.93. The molecule has 0 amide bonds. The van der Waals surface area contributed by atoms with E-state index in [1.54, 1.807) is 7.11 Å². The lowest BCUT2D eigenvalue weighted by Crippen LogP contribution is -2.12. The molecular formula is C7H18O2Si. The monoisotopic (exact) mass is 162 g/mol. The lowest BCUT2D eigenvalue weighted by molar-refractivity contribution is -0.0371. The van der Waals surface area contributed by atoms with E-state index in [-0.39, 0.29) is 16.1 Å². The zero-order valence-corrected chi connectivity index (χ0v) is 8.64. The van der Waals surface area contributed by atoms with Crippen LogP contribution in [0.25, 0.3) is 0 Å². The van der Waals surface area contributed by atoms with Gasteiger partial charge in [0.15, 0.2) is 9.76 Å². The van der Waals surface area contributed by atoms with Gasteiger partial charge in [0.1, 0.15) is 6.29 Å². The van der Waals surface area contributed by atoms with Crippen LogP contribution in [-0.2, 0) is 9.16 Å². The van der Waals surface area contributed by atoms with Gasteiger partial charge in [-0.1, -0.05) is 19.8 Å². The van der Waals surface area contributed by atoms with Gasteiger partial charge < -0.3 is 9.16 Å². The van der Waals surface area contributed by atoms with Crippen LogP contribution in [0.5, 0.6) is 0 Å². The Hall–Kier alpha value is 0.137. The van der Waals surface area contributed by atoms with Crippen molar-refractivity contribution in [1.29, 1.82) is 0 Å². The quantitative estimate of drug-likeness (QED) is 0.333. The Morgan fingerprint density at radius 2 is 2.20 bits per heavy atom. The number of unbranched alkanes of at least 4 members (excludes halogenated alkanes) is 1. The average Bonchev–Trinajstić information content (AvgIpc) is 1.98. The van der Waals surface area contributed by atoms with E-state index in [4.69, 9.17) is 9.16 Å². The van der Waals surface area contributed by atoms with E-state index in [0.29, 0.717) is 0 Å². The summed E-state index contributed by atoms with van der Waals surface area (Å²) in [6.07, 6.45) is 2.60. The fourth-order valence-electron chi connectivity index (χ4n) is 0.669. The molecule has 10 heavy (non-hydrogen) atoms. The molecule has 0 saturated heterocycles. The highest BCUT2D eigenvalue weighted by Gasteiger charge is 1.96. The highest BCUT2D eigenvalue weighted by atomic mass is 28.2. The summed E-state index contributed by atoms with van der Waals surface area (Å²) in [6, 6.07) is 1.28. The second-order valence-electron chi connectivity index (χ2n) is 2.38. The molecule has 0 aromatic carbocycles. The van der Waals surface area contributed by atoms with Gasteiger partial charge in [0.2, 0.25) is 0 Å². The third-order valence-electron chi connectivity index (χ3n) is 1.43. The summed E-state index contributed by atoms with van der Waals surface area (Å²) >= 11 is 0. The first-order valence-corrected chi connectivity index (χ1v) is 5.53. The molecule has 3 heteroatoms. The summed E-state index contributed by atoms with van der Waals surface area (Å²) in [5.41, 5.74) is 0. The Kier molecular flexibility index (Phi) is 7.35. The van der Waals surface area contributed by atoms with Crippen molar-refractivity contribution in [2.75, 3.05) is 7.11 Å². The molecule has 0 aromatic heterocycles. The molecule has 62 valence electrons. The third kappa shape index (κ3) is 6.26. The van der Waals surface area contributed by atoms with Crippen molar-refractivity contribution in [3.05, 3.63) is 0 Å². The minimum Gasteiger partial charge on any atom is -0.400 e. The maximum Gasteiger partial charge on any atom is 0.165 e. The normalized spacial score (nSPS) is 14.7. The van der Waals surface area contributed by atoms with E-state index in [2.05, 4.69) is 6.92 Å². The second-order valence-corrected chi connectivity index (χ2v) is 3.83. The summed E-state index contributed by atoms with van der Waals surface area (Å²) < 4.78 is 10.4. The molecule has 0 N–H and O–H groups in total. The molecule has 0 heterocycles. The Morgan fingerprint density at radius 3 is 2.70 bits per heavy atom. The standard InChI is InChI=1S/C7H18O2Si/c1-4-5-6-10-9-7(2)8-3/h7H,4-6,10H2,1-3H3. The van der Waals surface area contributed by atoms with Gasteiger partial charge in [-0.25, -0.2) is 0 Å². The minimum atomic E-state index is -0.283. The van der Waals surface area contributed by atoms with E-state index in [1.165, 1.54) is 18.9 Å². The molecule has 0 spiro atoms. The Bertz CT molecular complexity index is 68.6. The lowest BCUT2D eigenvalue weighted by atomic mass is 10.4. The summed E-state index contributed by atoms with van der Waals surface area (Å²) in [6.45, 7) is 4.15. The second kappa shape index (κ2) is 7.25. The van der Waals surface area contributed by atoms with Crippen LogP contribution in [0.2, 0.25) is 6.04 Å². The van der Waals surface area contributed by atoms with Crippen molar-refractivity contribution in [2.24, 2.45) is 0 Å². The van der Waals surface area contributed by atoms with E-state index >= 15 is 0 Å². The molecule has 1 atom stereocenters. The zero-order valence-electron chi connectivity index (χ0n) is 7.22. The molecule has 2 nitrogen and oxygen atoms in total. The Morgan fingerprint density at radius 1 is 1.50 bits per heavy atom. The van der Waals surface area contributed by atoms with Crippen molar-refractivity contribution >= 4 is 9.76 Å². The van der Waals surface area contributed by atoms with Gasteiger partial charge >= 0.3 is 0 Å². The Balaban J connectivity index is 2.89. The van der Waals surface area contributed by atoms with Gasteiger partial charge in [0.05, 0.1) is 0 Å². The fraction of sp³-hybridized carbons (Fsp3) is 1.00. The van der Waals surface area contributed by atoms with Gasteiger partial charge in [-0.2, -0.15) is 0 Å². The zero-order chi connectivity index (χ0) is 7.82. The van der Waals surface area contributed by atoms with Crippen LogP contribution >= 0.6 is 0 Å². The molecule has 0 rings (SSSR count). The van der Waals surface area contributed by atoms with Crippen LogP contribution < -0.4 is 0 Å². The number of methoxy groups -OCH3 is 1. The van der Waals surface area contributed by atoms with Gasteiger partial charge in [0.25, 0.3) is 0 Å². The van der Waals surface area contributed by atoms with Crippen LogP contribution in [0.1, 0.15) is 26.7 Å². The van der Waals surface area contributed by atoms with Crippen molar-refractivity contribution in [1.82, 2.24) is 0 Å². The molecule has 0 fully saturated rings. The summed E-state index contributed by atoms with van der Waals surface area (Å²) in [5, 5.41) is 0. The largest absolute Gasteiger partial charge is 0.400 e. The van der Waals surface area contributed by atoms with Gasteiger partial charge in [-0.05, 0) is 13.0 Å². The van der Waals surface area contributed by atoms with Crippen LogP contribution in [0.15, 0.2) is 0 Å². The molecule has 0 aliphatic rings. The summed E-state index contributed by atoms with van der Waals surface area (Å²) in [4.78, 5) is 0. The van der Waals surface area contributed by atoms with Crippen molar-refractivity contribution in [2.45, 2.75) is 39.0 Å². The summed E-state index contributed by atoms with van der Waals surface area (Å²) in [5.74, 6) is 0. The molecule has 0 saturated carbocycles. The number of ether oxygens (including phenoxy) is 1. The predicted octanol–water partition coefficient (Wildman–Crippen LogP) is 1.30. The first kappa shape index (κ1) is 10.1. The molecule has 0 aliphatic carbocycles. The topological polar surface area (TPSA) is 18.5 Å².